The fourth-order valence-electron chi connectivity index (χ4n) is 2.10. The van der Waals surface area contributed by atoms with Gasteiger partial charge in [-0.3, -0.25) is 4.79 Å². The predicted molar refractivity (Wildman–Crippen MR) is 95.0 cm³/mol. The minimum absolute atomic E-state index is 0.0195. The minimum Gasteiger partial charge on any atom is -0.494 e. The molecule has 3 heteroatoms. The zero-order valence-electron chi connectivity index (χ0n) is 13.5. The molecule has 0 bridgehead atoms. The van der Waals surface area contributed by atoms with E-state index in [4.69, 9.17) is 4.74 Å². The second-order valence-electron chi connectivity index (χ2n) is 5.29. The number of hydrogen-bond donors (Lipinski definition) is 1. The summed E-state index contributed by atoms with van der Waals surface area (Å²) in [6.45, 7) is 2.93. The van der Waals surface area contributed by atoms with Crippen molar-refractivity contribution in [2.75, 3.05) is 11.9 Å². The number of carbonyl (C=O) groups excluding carboxylic acids is 1. The van der Waals surface area contributed by atoms with Gasteiger partial charge in [-0.15, -0.1) is 0 Å². The SMILES string of the molecule is CCCCCOc1ccc(NC=CC(=O)c2ccccc2)cc1. The summed E-state index contributed by atoms with van der Waals surface area (Å²) in [5, 5.41) is 3.09. The Hall–Kier alpha value is -2.55. The lowest BCUT2D eigenvalue weighted by Gasteiger charge is -2.06. The topological polar surface area (TPSA) is 38.3 Å². The Morgan fingerprint density at radius 1 is 1.04 bits per heavy atom. The number of nitrogens with one attached hydrogen (secondary N) is 1. The molecule has 0 aliphatic rings. The molecule has 1 N–H and O–H groups in total. The molecule has 0 heterocycles. The number of allylic oxidation sites excluding steroid dienone is 1. The molecule has 0 fully saturated rings. The van der Waals surface area contributed by atoms with Gasteiger partial charge in [0.05, 0.1) is 6.61 Å². The van der Waals surface area contributed by atoms with Gasteiger partial charge >= 0.3 is 0 Å². The van der Waals surface area contributed by atoms with Gasteiger partial charge < -0.3 is 10.1 Å². The highest BCUT2D eigenvalue weighted by Crippen LogP contribution is 2.16. The van der Waals surface area contributed by atoms with E-state index in [1.165, 1.54) is 18.9 Å². The van der Waals surface area contributed by atoms with Crippen molar-refractivity contribution in [3.8, 4) is 5.75 Å². The van der Waals surface area contributed by atoms with Crippen LogP contribution in [-0.4, -0.2) is 12.4 Å². The summed E-state index contributed by atoms with van der Waals surface area (Å²) < 4.78 is 5.66. The fourth-order valence-corrected chi connectivity index (χ4v) is 2.10. The van der Waals surface area contributed by atoms with E-state index in [1.54, 1.807) is 18.3 Å². The molecular weight excluding hydrogens is 286 g/mol. The van der Waals surface area contributed by atoms with Crippen LogP contribution < -0.4 is 10.1 Å². The van der Waals surface area contributed by atoms with Gasteiger partial charge in [-0.2, -0.15) is 0 Å². The first kappa shape index (κ1) is 16.8. The van der Waals surface area contributed by atoms with Crippen molar-refractivity contribution in [2.24, 2.45) is 0 Å². The van der Waals surface area contributed by atoms with Crippen molar-refractivity contribution in [3.63, 3.8) is 0 Å². The number of unbranched alkanes of at least 4 members (excludes halogenated alkanes) is 2. The molecule has 0 radical (unpaired) electrons. The first-order valence-electron chi connectivity index (χ1n) is 8.05. The van der Waals surface area contributed by atoms with E-state index in [2.05, 4.69) is 12.2 Å². The molecule has 120 valence electrons. The van der Waals surface area contributed by atoms with Crippen LogP contribution in [-0.2, 0) is 0 Å². The lowest BCUT2D eigenvalue weighted by Crippen LogP contribution is -1.97. The zero-order valence-corrected chi connectivity index (χ0v) is 13.5. The van der Waals surface area contributed by atoms with Crippen LogP contribution in [0, 0.1) is 0 Å². The normalized spacial score (nSPS) is 10.7. The Kier molecular flexibility index (Phi) is 6.92. The third-order valence-electron chi connectivity index (χ3n) is 3.41. The number of benzene rings is 2. The second-order valence-corrected chi connectivity index (χ2v) is 5.29. The van der Waals surface area contributed by atoms with Crippen molar-refractivity contribution in [1.29, 1.82) is 0 Å². The Bertz CT molecular complexity index is 618. The summed E-state index contributed by atoms with van der Waals surface area (Å²) in [4.78, 5) is 11.9. The quantitative estimate of drug-likeness (QED) is 0.399. The van der Waals surface area contributed by atoms with E-state index in [9.17, 15) is 4.79 Å². The summed E-state index contributed by atoms with van der Waals surface area (Å²) >= 11 is 0. The summed E-state index contributed by atoms with van der Waals surface area (Å²) in [6, 6.07) is 16.9. The molecule has 2 aromatic carbocycles. The third-order valence-corrected chi connectivity index (χ3v) is 3.41. The average Bonchev–Trinajstić information content (AvgIpc) is 2.60. The Labute approximate surface area is 138 Å². The second kappa shape index (κ2) is 9.46. The molecule has 0 aromatic heterocycles. The monoisotopic (exact) mass is 309 g/mol. The summed E-state index contributed by atoms with van der Waals surface area (Å²) in [6.07, 6.45) is 6.66. The highest BCUT2D eigenvalue weighted by atomic mass is 16.5. The van der Waals surface area contributed by atoms with Crippen LogP contribution in [0.1, 0.15) is 36.5 Å². The van der Waals surface area contributed by atoms with Crippen LogP contribution in [0.15, 0.2) is 66.9 Å². The number of rotatable bonds is 9. The van der Waals surface area contributed by atoms with Crippen molar-refractivity contribution in [3.05, 3.63) is 72.4 Å². The maximum absolute atomic E-state index is 11.9. The molecule has 2 aromatic rings. The van der Waals surface area contributed by atoms with Gasteiger partial charge in [0, 0.05) is 23.5 Å². The smallest absolute Gasteiger partial charge is 0.187 e. The van der Waals surface area contributed by atoms with Crippen LogP contribution in [0.5, 0.6) is 5.75 Å². The molecule has 0 aliphatic carbocycles. The van der Waals surface area contributed by atoms with Gasteiger partial charge in [0.25, 0.3) is 0 Å². The van der Waals surface area contributed by atoms with Gasteiger partial charge in [-0.1, -0.05) is 50.1 Å². The van der Waals surface area contributed by atoms with E-state index in [0.29, 0.717) is 5.56 Å². The van der Waals surface area contributed by atoms with Crippen LogP contribution in [0.25, 0.3) is 0 Å². The van der Waals surface area contributed by atoms with Gasteiger partial charge in [0.1, 0.15) is 5.75 Å². The lowest BCUT2D eigenvalue weighted by atomic mass is 10.1. The molecule has 3 nitrogen and oxygen atoms in total. The molecule has 2 rings (SSSR count). The van der Waals surface area contributed by atoms with Crippen LogP contribution >= 0.6 is 0 Å². The largest absolute Gasteiger partial charge is 0.494 e. The molecule has 0 aliphatic heterocycles. The highest BCUT2D eigenvalue weighted by Gasteiger charge is 1.99. The third kappa shape index (κ3) is 5.99. The molecule has 0 spiro atoms. The van der Waals surface area contributed by atoms with E-state index in [1.807, 2.05) is 42.5 Å². The first-order chi connectivity index (χ1) is 11.3. The maximum atomic E-state index is 11.9. The molecule has 0 unspecified atom stereocenters. The molecular formula is C20H23NO2. The predicted octanol–water partition coefficient (Wildman–Crippen LogP) is 5.06. The van der Waals surface area contributed by atoms with E-state index >= 15 is 0 Å². The standard InChI is InChI=1S/C20H23NO2/c1-2-3-7-16-23-19-12-10-18(11-13-19)21-15-14-20(22)17-8-5-4-6-9-17/h4-6,8-15,21H,2-3,7,16H2,1H3. The van der Waals surface area contributed by atoms with Gasteiger partial charge in [0.2, 0.25) is 0 Å². The van der Waals surface area contributed by atoms with E-state index < -0.39 is 0 Å². The van der Waals surface area contributed by atoms with E-state index in [-0.39, 0.29) is 5.78 Å². The summed E-state index contributed by atoms with van der Waals surface area (Å²) in [5.74, 6) is 0.852. The maximum Gasteiger partial charge on any atom is 0.187 e. The van der Waals surface area contributed by atoms with Crippen LogP contribution in [0.3, 0.4) is 0 Å². The summed E-state index contributed by atoms with van der Waals surface area (Å²) in [5.41, 5.74) is 1.60. The van der Waals surface area contributed by atoms with Crippen LogP contribution in [0.4, 0.5) is 5.69 Å². The van der Waals surface area contributed by atoms with Gasteiger partial charge in [-0.25, -0.2) is 0 Å². The fraction of sp³-hybridized carbons (Fsp3) is 0.250. The Morgan fingerprint density at radius 3 is 2.48 bits per heavy atom. The van der Waals surface area contributed by atoms with E-state index in [0.717, 1.165) is 24.5 Å². The molecule has 0 amide bonds. The first-order valence-corrected chi connectivity index (χ1v) is 8.05. The lowest BCUT2D eigenvalue weighted by molar-refractivity contribution is 0.104. The number of ether oxygens (including phenoxy) is 1. The average molecular weight is 309 g/mol. The van der Waals surface area contributed by atoms with Crippen molar-refractivity contribution in [1.82, 2.24) is 0 Å². The number of anilines is 1. The Morgan fingerprint density at radius 2 is 1.78 bits per heavy atom. The molecule has 0 saturated carbocycles. The minimum atomic E-state index is -0.0195. The molecule has 0 atom stereocenters. The Balaban J connectivity index is 1.79. The molecule has 23 heavy (non-hydrogen) atoms. The highest BCUT2D eigenvalue weighted by molar-refractivity contribution is 6.04. The molecule has 0 saturated heterocycles. The van der Waals surface area contributed by atoms with Crippen molar-refractivity contribution in [2.45, 2.75) is 26.2 Å². The van der Waals surface area contributed by atoms with Crippen molar-refractivity contribution < 1.29 is 9.53 Å². The van der Waals surface area contributed by atoms with Gasteiger partial charge in [0.15, 0.2) is 5.78 Å². The van der Waals surface area contributed by atoms with Crippen LogP contribution in [0.2, 0.25) is 0 Å². The zero-order chi connectivity index (χ0) is 16.3. The number of carbonyl (C=O) groups is 1. The van der Waals surface area contributed by atoms with Crippen molar-refractivity contribution >= 4 is 11.5 Å². The number of ketones is 1. The summed E-state index contributed by atoms with van der Waals surface area (Å²) in [7, 11) is 0. The van der Waals surface area contributed by atoms with Gasteiger partial charge in [-0.05, 0) is 30.7 Å². The number of hydrogen-bond acceptors (Lipinski definition) is 3.